The molecule has 2 rings (SSSR count). The lowest BCUT2D eigenvalue weighted by Crippen LogP contribution is -2.43. The van der Waals surface area contributed by atoms with Gasteiger partial charge in [0.15, 0.2) is 0 Å². The van der Waals surface area contributed by atoms with Crippen LogP contribution in [0.3, 0.4) is 0 Å². The monoisotopic (exact) mass is 390 g/mol. The predicted molar refractivity (Wildman–Crippen MR) is 94.7 cm³/mol. The SMILES string of the molecule is CC1(CNC(=O)CCOc2ccccc2Br)CCNCC1.Cl. The van der Waals surface area contributed by atoms with Crippen LogP contribution in [0.15, 0.2) is 28.7 Å². The molecule has 4 nitrogen and oxygen atoms in total. The van der Waals surface area contributed by atoms with E-state index in [1.165, 1.54) is 0 Å². The van der Waals surface area contributed by atoms with Crippen molar-refractivity contribution in [3.63, 3.8) is 0 Å². The Balaban J connectivity index is 0.00000242. The van der Waals surface area contributed by atoms with E-state index >= 15 is 0 Å². The molecule has 22 heavy (non-hydrogen) atoms. The molecule has 124 valence electrons. The fourth-order valence-corrected chi connectivity index (χ4v) is 2.82. The second kappa shape index (κ2) is 9.38. The number of rotatable bonds is 6. The van der Waals surface area contributed by atoms with Crippen LogP contribution in [0, 0.1) is 5.41 Å². The van der Waals surface area contributed by atoms with Crippen molar-refractivity contribution in [2.45, 2.75) is 26.2 Å². The van der Waals surface area contributed by atoms with Crippen LogP contribution < -0.4 is 15.4 Å². The maximum Gasteiger partial charge on any atom is 0.223 e. The Morgan fingerprint density at radius 3 is 2.73 bits per heavy atom. The minimum Gasteiger partial charge on any atom is -0.492 e. The van der Waals surface area contributed by atoms with Crippen LogP contribution in [0.4, 0.5) is 0 Å². The molecule has 0 aromatic heterocycles. The summed E-state index contributed by atoms with van der Waals surface area (Å²) in [5, 5.41) is 6.38. The largest absolute Gasteiger partial charge is 0.492 e. The third kappa shape index (κ3) is 6.15. The number of nitrogens with one attached hydrogen (secondary N) is 2. The molecule has 6 heteroatoms. The van der Waals surface area contributed by atoms with E-state index in [1.807, 2.05) is 24.3 Å². The zero-order valence-corrected chi connectivity index (χ0v) is 15.3. The highest BCUT2D eigenvalue weighted by molar-refractivity contribution is 9.10. The van der Waals surface area contributed by atoms with Gasteiger partial charge in [-0.2, -0.15) is 0 Å². The molecule has 1 amide bonds. The number of para-hydroxylation sites is 1. The summed E-state index contributed by atoms with van der Waals surface area (Å²) in [6.07, 6.45) is 2.61. The molecule has 1 heterocycles. The van der Waals surface area contributed by atoms with Gasteiger partial charge in [-0.3, -0.25) is 4.79 Å². The van der Waals surface area contributed by atoms with Gasteiger partial charge in [-0.25, -0.2) is 0 Å². The lowest BCUT2D eigenvalue weighted by molar-refractivity contribution is -0.122. The van der Waals surface area contributed by atoms with Crippen LogP contribution in [-0.4, -0.2) is 32.1 Å². The number of carbonyl (C=O) groups is 1. The first kappa shape index (κ1) is 19.3. The molecule has 1 saturated heterocycles. The Labute approximate surface area is 146 Å². The van der Waals surface area contributed by atoms with Crippen molar-refractivity contribution < 1.29 is 9.53 Å². The molecule has 1 aliphatic heterocycles. The Morgan fingerprint density at radius 2 is 2.05 bits per heavy atom. The lowest BCUT2D eigenvalue weighted by Gasteiger charge is -2.34. The molecule has 1 aromatic carbocycles. The number of carbonyl (C=O) groups excluding carboxylic acids is 1. The van der Waals surface area contributed by atoms with Crippen LogP contribution in [0.2, 0.25) is 0 Å². The van der Waals surface area contributed by atoms with Gasteiger partial charge < -0.3 is 15.4 Å². The number of halogens is 2. The van der Waals surface area contributed by atoms with Gasteiger partial charge in [0.05, 0.1) is 17.5 Å². The highest BCUT2D eigenvalue weighted by Gasteiger charge is 2.26. The van der Waals surface area contributed by atoms with E-state index in [0.29, 0.717) is 13.0 Å². The number of piperidine rings is 1. The van der Waals surface area contributed by atoms with Gasteiger partial charge in [0, 0.05) is 6.54 Å². The zero-order valence-electron chi connectivity index (χ0n) is 12.9. The van der Waals surface area contributed by atoms with Gasteiger partial charge in [0.2, 0.25) is 5.91 Å². The van der Waals surface area contributed by atoms with Crippen LogP contribution in [0.5, 0.6) is 5.75 Å². The first-order chi connectivity index (χ1) is 10.1. The molecule has 0 spiro atoms. The third-order valence-electron chi connectivity index (χ3n) is 3.95. The van der Waals surface area contributed by atoms with Crippen molar-refractivity contribution >= 4 is 34.2 Å². The number of benzene rings is 1. The van der Waals surface area contributed by atoms with E-state index in [9.17, 15) is 4.79 Å². The van der Waals surface area contributed by atoms with E-state index in [4.69, 9.17) is 4.74 Å². The number of ether oxygens (including phenoxy) is 1. The van der Waals surface area contributed by atoms with E-state index < -0.39 is 0 Å². The minimum atomic E-state index is 0. The molecule has 1 aromatic rings. The van der Waals surface area contributed by atoms with Gasteiger partial charge in [0.25, 0.3) is 0 Å². The fourth-order valence-electron chi connectivity index (χ4n) is 2.42. The minimum absolute atomic E-state index is 0. The summed E-state index contributed by atoms with van der Waals surface area (Å²) < 4.78 is 6.52. The Hall–Kier alpha value is -0.780. The lowest BCUT2D eigenvalue weighted by atomic mass is 9.81. The molecular formula is C16H24BrClN2O2. The second-order valence-electron chi connectivity index (χ2n) is 5.87. The summed E-state index contributed by atoms with van der Waals surface area (Å²) in [6.45, 7) is 5.47. The average molecular weight is 392 g/mol. The predicted octanol–water partition coefficient (Wildman–Crippen LogP) is 3.15. The Kier molecular flexibility index (Phi) is 8.21. The second-order valence-corrected chi connectivity index (χ2v) is 6.72. The summed E-state index contributed by atoms with van der Waals surface area (Å²) in [7, 11) is 0. The molecule has 1 aliphatic rings. The quantitative estimate of drug-likeness (QED) is 0.783. The summed E-state index contributed by atoms with van der Waals surface area (Å²) in [6, 6.07) is 7.66. The molecule has 0 unspecified atom stereocenters. The summed E-state index contributed by atoms with van der Waals surface area (Å²) in [5.74, 6) is 0.831. The van der Waals surface area contributed by atoms with Crippen LogP contribution >= 0.6 is 28.3 Å². The molecular weight excluding hydrogens is 368 g/mol. The zero-order chi connectivity index (χ0) is 15.1. The normalized spacial score (nSPS) is 16.5. The van der Waals surface area contributed by atoms with Crippen molar-refractivity contribution in [3.8, 4) is 5.75 Å². The van der Waals surface area contributed by atoms with Gasteiger partial charge >= 0.3 is 0 Å². The van der Waals surface area contributed by atoms with Crippen LogP contribution in [0.1, 0.15) is 26.2 Å². The smallest absolute Gasteiger partial charge is 0.223 e. The summed E-state index contributed by atoms with van der Waals surface area (Å²) in [4.78, 5) is 11.9. The highest BCUT2D eigenvalue weighted by atomic mass is 79.9. The van der Waals surface area contributed by atoms with Gasteiger partial charge in [0.1, 0.15) is 5.75 Å². The van der Waals surface area contributed by atoms with E-state index in [2.05, 4.69) is 33.5 Å². The topological polar surface area (TPSA) is 50.4 Å². The van der Waals surface area contributed by atoms with E-state index in [-0.39, 0.29) is 23.7 Å². The standard InChI is InChI=1S/C16H23BrN2O2.ClH/c1-16(7-9-18-10-8-16)12-19-15(20)6-11-21-14-5-3-2-4-13(14)17;/h2-5,18H,6-12H2,1H3,(H,19,20);1H. The Morgan fingerprint density at radius 1 is 1.36 bits per heavy atom. The number of hydrogen-bond acceptors (Lipinski definition) is 3. The first-order valence-electron chi connectivity index (χ1n) is 7.44. The molecule has 0 saturated carbocycles. The third-order valence-corrected chi connectivity index (χ3v) is 4.60. The van der Waals surface area contributed by atoms with Crippen LogP contribution in [-0.2, 0) is 4.79 Å². The van der Waals surface area contributed by atoms with Crippen molar-refractivity contribution in [1.82, 2.24) is 10.6 Å². The average Bonchev–Trinajstić information content (AvgIpc) is 2.48. The van der Waals surface area contributed by atoms with Gasteiger partial charge in [-0.15, -0.1) is 12.4 Å². The molecule has 1 fully saturated rings. The maximum absolute atomic E-state index is 11.9. The number of hydrogen-bond donors (Lipinski definition) is 2. The molecule has 0 bridgehead atoms. The van der Waals surface area contributed by atoms with Crippen molar-refractivity contribution in [3.05, 3.63) is 28.7 Å². The summed E-state index contributed by atoms with van der Waals surface area (Å²) in [5.41, 5.74) is 0.226. The van der Waals surface area contributed by atoms with Crippen molar-refractivity contribution in [1.29, 1.82) is 0 Å². The molecule has 0 radical (unpaired) electrons. The molecule has 2 N–H and O–H groups in total. The van der Waals surface area contributed by atoms with Gasteiger partial charge in [-0.1, -0.05) is 19.1 Å². The summed E-state index contributed by atoms with van der Waals surface area (Å²) >= 11 is 3.42. The van der Waals surface area contributed by atoms with E-state index in [1.54, 1.807) is 0 Å². The first-order valence-corrected chi connectivity index (χ1v) is 8.23. The molecule has 0 atom stereocenters. The Bertz CT molecular complexity index is 479. The highest BCUT2D eigenvalue weighted by Crippen LogP contribution is 2.26. The van der Waals surface area contributed by atoms with Crippen molar-refractivity contribution in [2.75, 3.05) is 26.2 Å². The van der Waals surface area contributed by atoms with E-state index in [0.717, 1.165) is 42.7 Å². The molecule has 0 aliphatic carbocycles. The van der Waals surface area contributed by atoms with Gasteiger partial charge in [-0.05, 0) is 59.4 Å². The number of amides is 1. The fraction of sp³-hybridized carbons (Fsp3) is 0.562. The maximum atomic E-state index is 11.9. The van der Waals surface area contributed by atoms with Crippen molar-refractivity contribution in [2.24, 2.45) is 5.41 Å². The van der Waals surface area contributed by atoms with Crippen LogP contribution in [0.25, 0.3) is 0 Å².